The van der Waals surface area contributed by atoms with Gasteiger partial charge in [-0.3, -0.25) is 4.79 Å². The lowest BCUT2D eigenvalue weighted by Gasteiger charge is -2.41. The van der Waals surface area contributed by atoms with Crippen LogP contribution in [0.1, 0.15) is 67.4 Å². The van der Waals surface area contributed by atoms with E-state index in [0.717, 1.165) is 53.0 Å². The molecule has 7 heteroatoms. The molecule has 46 heavy (non-hydrogen) atoms. The smallest absolute Gasteiger partial charge is 0.258 e. The van der Waals surface area contributed by atoms with Gasteiger partial charge in [0, 0.05) is 41.2 Å². The molecule has 1 amide bonds. The van der Waals surface area contributed by atoms with Crippen molar-refractivity contribution in [3.05, 3.63) is 124 Å². The average molecular weight is 637 g/mol. The Labute approximate surface area is 275 Å². The van der Waals surface area contributed by atoms with Crippen molar-refractivity contribution >= 4 is 22.9 Å². The van der Waals surface area contributed by atoms with Gasteiger partial charge in [-0.1, -0.05) is 68.4 Å². The van der Waals surface area contributed by atoms with Gasteiger partial charge in [0.2, 0.25) is 0 Å². The summed E-state index contributed by atoms with van der Waals surface area (Å²) in [6.45, 7) is 8.84. The molecule has 3 heterocycles. The van der Waals surface area contributed by atoms with Crippen LogP contribution in [0.2, 0.25) is 0 Å². The van der Waals surface area contributed by atoms with Crippen LogP contribution >= 0.6 is 11.3 Å². The van der Waals surface area contributed by atoms with Crippen LogP contribution in [0.5, 0.6) is 0 Å². The van der Waals surface area contributed by atoms with Gasteiger partial charge in [0.1, 0.15) is 5.82 Å². The van der Waals surface area contributed by atoms with Gasteiger partial charge in [-0.05, 0) is 85.2 Å². The zero-order chi connectivity index (χ0) is 32.3. The van der Waals surface area contributed by atoms with Crippen LogP contribution in [0.25, 0.3) is 22.4 Å². The van der Waals surface area contributed by atoms with Gasteiger partial charge in [-0.2, -0.15) is 0 Å². The van der Waals surface area contributed by atoms with Crippen molar-refractivity contribution < 1.29 is 18.7 Å². The first-order valence-electron chi connectivity index (χ1n) is 16.0. The van der Waals surface area contributed by atoms with Crippen LogP contribution in [0.3, 0.4) is 0 Å². The molecule has 2 atom stereocenters. The number of hydrogen-bond acceptors (Lipinski definition) is 4. The first kappa shape index (κ1) is 31.9. The van der Waals surface area contributed by atoms with Crippen molar-refractivity contribution in [2.75, 3.05) is 5.32 Å². The summed E-state index contributed by atoms with van der Waals surface area (Å²) < 4.78 is 29.4. The molecule has 1 fully saturated rings. The number of para-hydroxylation sites is 1. The Morgan fingerprint density at radius 3 is 2.24 bits per heavy atom. The zero-order valence-corrected chi connectivity index (χ0v) is 27.7. The number of benzene rings is 3. The van der Waals surface area contributed by atoms with Crippen molar-refractivity contribution in [2.24, 2.45) is 0 Å². The van der Waals surface area contributed by atoms with Crippen LogP contribution in [0, 0.1) is 5.82 Å². The highest BCUT2D eigenvalue weighted by atomic mass is 32.1. The number of carbonyl (C=O) groups excluding carboxylic acids is 1. The Morgan fingerprint density at radius 1 is 0.913 bits per heavy atom. The molecule has 0 saturated carbocycles. The number of thiophene rings is 1. The van der Waals surface area contributed by atoms with E-state index >= 15 is 0 Å². The zero-order valence-electron chi connectivity index (χ0n) is 26.8. The molecule has 1 aliphatic rings. The van der Waals surface area contributed by atoms with Crippen molar-refractivity contribution in [2.45, 2.75) is 77.4 Å². The topological polar surface area (TPSA) is 52.5 Å². The van der Waals surface area contributed by atoms with Gasteiger partial charge in [0.05, 0.1) is 23.5 Å². The molecule has 2 unspecified atom stereocenters. The number of anilines is 1. The second kappa shape index (κ2) is 13.8. The summed E-state index contributed by atoms with van der Waals surface area (Å²) in [5, 5.41) is 5.26. The number of carbonyl (C=O) groups is 1. The molecule has 0 bridgehead atoms. The normalized spacial score (nSPS) is 17.7. The monoisotopic (exact) mass is 636 g/mol. The van der Waals surface area contributed by atoms with E-state index in [1.54, 1.807) is 11.3 Å². The summed E-state index contributed by atoms with van der Waals surface area (Å²) in [6.07, 6.45) is 2.36. The first-order valence-corrected chi connectivity index (χ1v) is 16.9. The number of nitrogens with one attached hydrogen (secondary N) is 1. The predicted octanol–water partition coefficient (Wildman–Crippen LogP) is 9.94. The maximum absolute atomic E-state index is 14.3. The van der Waals surface area contributed by atoms with Crippen molar-refractivity contribution in [1.82, 2.24) is 4.57 Å². The van der Waals surface area contributed by atoms with E-state index in [9.17, 15) is 9.18 Å². The van der Waals surface area contributed by atoms with E-state index in [4.69, 9.17) is 9.47 Å². The molecular formula is C39H41FN2O3S. The van der Waals surface area contributed by atoms with Crippen LogP contribution < -0.4 is 5.32 Å². The average Bonchev–Trinajstić information content (AvgIpc) is 3.67. The van der Waals surface area contributed by atoms with E-state index in [1.807, 2.05) is 86.6 Å². The Morgan fingerprint density at radius 2 is 1.59 bits per heavy atom. The molecule has 1 saturated heterocycles. The Kier molecular flexibility index (Phi) is 9.54. The minimum atomic E-state index is -0.710. The predicted molar refractivity (Wildman–Crippen MR) is 185 cm³/mol. The molecule has 5 aromatic rings. The minimum absolute atomic E-state index is 0.0202. The van der Waals surface area contributed by atoms with E-state index < -0.39 is 5.79 Å². The SMILES string of the molecule is CC(C)c1c(C(=O)Nc2ccccc2)c(-c2ccccc2)c(-c2ccc(F)cc2)n1CCC1CC(Cc2cccs2)OC(C)(C)O1. The van der Waals surface area contributed by atoms with Crippen LogP contribution in [0.4, 0.5) is 10.1 Å². The summed E-state index contributed by atoms with van der Waals surface area (Å²) in [6, 6.07) is 30.4. The van der Waals surface area contributed by atoms with Gasteiger partial charge in [-0.25, -0.2) is 4.39 Å². The number of aromatic nitrogens is 1. The highest BCUT2D eigenvalue weighted by Crippen LogP contribution is 2.43. The van der Waals surface area contributed by atoms with Crippen LogP contribution in [-0.4, -0.2) is 28.5 Å². The fourth-order valence-electron chi connectivity index (χ4n) is 6.66. The number of ether oxygens (including phenoxy) is 2. The number of rotatable bonds is 10. The van der Waals surface area contributed by atoms with E-state index in [-0.39, 0.29) is 29.9 Å². The van der Waals surface area contributed by atoms with E-state index in [2.05, 4.69) is 41.2 Å². The van der Waals surface area contributed by atoms with Crippen molar-refractivity contribution in [1.29, 1.82) is 0 Å². The maximum atomic E-state index is 14.3. The third-order valence-corrected chi connectivity index (χ3v) is 9.30. The fraction of sp³-hybridized carbons (Fsp3) is 0.308. The third kappa shape index (κ3) is 7.17. The lowest BCUT2D eigenvalue weighted by Crippen LogP contribution is -2.45. The van der Waals surface area contributed by atoms with Crippen LogP contribution in [-0.2, 0) is 22.4 Å². The molecule has 0 radical (unpaired) electrons. The quantitative estimate of drug-likeness (QED) is 0.166. The summed E-state index contributed by atoms with van der Waals surface area (Å²) in [5.41, 5.74) is 5.82. The number of hydrogen-bond donors (Lipinski definition) is 1. The standard InChI is InChI=1S/C39H41FN2O3S/c1-26(2)36-35(38(43)41-30-14-9-6-10-15-30)34(27-12-7-5-8-13-27)37(28-17-19-29(40)20-18-28)42(36)22-21-31-24-32(45-39(3,4)44-31)25-33-16-11-23-46-33/h5-20,23,26,31-32H,21-22,24-25H2,1-4H3,(H,41,43). The molecule has 0 spiro atoms. The number of nitrogens with zero attached hydrogens (tertiary/aromatic N) is 1. The lowest BCUT2D eigenvalue weighted by molar-refractivity contribution is -0.300. The van der Waals surface area contributed by atoms with Gasteiger partial charge in [0.15, 0.2) is 5.79 Å². The largest absolute Gasteiger partial charge is 0.347 e. The second-order valence-corrected chi connectivity index (χ2v) is 13.7. The van der Waals surface area contributed by atoms with Gasteiger partial charge in [0.25, 0.3) is 5.91 Å². The lowest BCUT2D eigenvalue weighted by atomic mass is 9.94. The number of halogens is 1. The molecule has 6 rings (SSSR count). The van der Waals surface area contributed by atoms with Gasteiger partial charge in [-0.15, -0.1) is 11.3 Å². The molecule has 5 nitrogen and oxygen atoms in total. The molecular weight excluding hydrogens is 596 g/mol. The van der Waals surface area contributed by atoms with E-state index in [1.165, 1.54) is 17.0 Å². The number of amides is 1. The van der Waals surface area contributed by atoms with Gasteiger partial charge >= 0.3 is 0 Å². The molecule has 1 N–H and O–H groups in total. The van der Waals surface area contributed by atoms with Crippen molar-refractivity contribution in [3.63, 3.8) is 0 Å². The summed E-state index contributed by atoms with van der Waals surface area (Å²) in [5.74, 6) is -1.16. The Balaban J connectivity index is 1.45. The summed E-state index contributed by atoms with van der Waals surface area (Å²) >= 11 is 1.75. The highest BCUT2D eigenvalue weighted by Gasteiger charge is 2.36. The Bertz CT molecular complexity index is 1750. The second-order valence-electron chi connectivity index (χ2n) is 12.7. The fourth-order valence-corrected chi connectivity index (χ4v) is 7.43. The van der Waals surface area contributed by atoms with Crippen molar-refractivity contribution in [3.8, 4) is 22.4 Å². The third-order valence-electron chi connectivity index (χ3n) is 8.40. The first-order chi connectivity index (χ1) is 22.2. The maximum Gasteiger partial charge on any atom is 0.258 e. The molecule has 2 aromatic heterocycles. The molecule has 3 aromatic carbocycles. The molecule has 0 aliphatic carbocycles. The minimum Gasteiger partial charge on any atom is -0.347 e. The highest BCUT2D eigenvalue weighted by molar-refractivity contribution is 7.09. The molecule has 1 aliphatic heterocycles. The summed E-state index contributed by atoms with van der Waals surface area (Å²) in [7, 11) is 0. The summed E-state index contributed by atoms with van der Waals surface area (Å²) in [4.78, 5) is 15.6. The van der Waals surface area contributed by atoms with Crippen LogP contribution in [0.15, 0.2) is 102 Å². The van der Waals surface area contributed by atoms with E-state index in [0.29, 0.717) is 12.1 Å². The molecule has 238 valence electrons. The Hall–Kier alpha value is -4.04. The van der Waals surface area contributed by atoms with Gasteiger partial charge < -0.3 is 19.4 Å².